The summed E-state index contributed by atoms with van der Waals surface area (Å²) >= 11 is 0. The Morgan fingerprint density at radius 1 is 1.27 bits per heavy atom. The van der Waals surface area contributed by atoms with Crippen LogP contribution in [-0.2, 0) is 0 Å². The number of benzene rings is 1. The normalized spacial score (nSPS) is 15.3. The number of nitrogens with zero attached hydrogens (tertiary/aromatic N) is 3. The van der Waals surface area contributed by atoms with Crippen LogP contribution in [-0.4, -0.2) is 44.6 Å². The quantitative estimate of drug-likeness (QED) is 0.847. The van der Waals surface area contributed by atoms with Gasteiger partial charge in [-0.1, -0.05) is 17.9 Å². The van der Waals surface area contributed by atoms with Gasteiger partial charge in [-0.15, -0.1) is 0 Å². The SMILES string of the molecule is CC(C)(O)C#Cc1cccc(C(=O)N2CCC(c3ccncn3)CC2)c1. The molecular formula is C21H23N3O2. The first kappa shape index (κ1) is 18.1. The van der Waals surface area contributed by atoms with E-state index in [0.717, 1.165) is 24.1 Å². The van der Waals surface area contributed by atoms with Crippen LogP contribution in [0.1, 0.15) is 54.2 Å². The largest absolute Gasteiger partial charge is 0.378 e. The average molecular weight is 349 g/mol. The van der Waals surface area contributed by atoms with E-state index in [1.807, 2.05) is 29.2 Å². The first-order valence-electron chi connectivity index (χ1n) is 8.83. The predicted octanol–water partition coefficient (Wildman–Crippen LogP) is 2.62. The molecule has 1 aliphatic rings. The maximum atomic E-state index is 12.8. The summed E-state index contributed by atoms with van der Waals surface area (Å²) in [5.74, 6) is 6.11. The molecule has 3 rings (SSSR count). The molecule has 0 unspecified atom stereocenters. The van der Waals surface area contributed by atoms with Gasteiger partial charge in [-0.2, -0.15) is 0 Å². The monoisotopic (exact) mass is 349 g/mol. The minimum absolute atomic E-state index is 0.0260. The van der Waals surface area contributed by atoms with Gasteiger partial charge in [0.05, 0.1) is 0 Å². The molecule has 0 bridgehead atoms. The molecule has 1 fully saturated rings. The number of piperidine rings is 1. The number of likely N-dealkylation sites (tertiary alicyclic amines) is 1. The average Bonchev–Trinajstić information content (AvgIpc) is 2.66. The summed E-state index contributed by atoms with van der Waals surface area (Å²) in [6, 6.07) is 9.23. The van der Waals surface area contributed by atoms with Crippen LogP contribution in [0, 0.1) is 11.8 Å². The summed E-state index contributed by atoms with van der Waals surface area (Å²) < 4.78 is 0. The molecule has 5 heteroatoms. The van der Waals surface area contributed by atoms with E-state index in [9.17, 15) is 9.90 Å². The minimum atomic E-state index is -1.05. The highest BCUT2D eigenvalue weighted by Crippen LogP contribution is 2.27. The van der Waals surface area contributed by atoms with Crippen molar-refractivity contribution in [1.82, 2.24) is 14.9 Å². The van der Waals surface area contributed by atoms with E-state index < -0.39 is 5.60 Å². The van der Waals surface area contributed by atoms with Crippen molar-refractivity contribution in [3.63, 3.8) is 0 Å². The molecule has 0 saturated carbocycles. The molecule has 1 amide bonds. The third-order valence-corrected chi connectivity index (χ3v) is 4.43. The van der Waals surface area contributed by atoms with Crippen molar-refractivity contribution in [2.24, 2.45) is 0 Å². The summed E-state index contributed by atoms with van der Waals surface area (Å²) in [5.41, 5.74) is 1.36. The Labute approximate surface area is 154 Å². The van der Waals surface area contributed by atoms with E-state index in [1.54, 1.807) is 32.4 Å². The molecule has 1 saturated heterocycles. The van der Waals surface area contributed by atoms with Crippen LogP contribution in [0.4, 0.5) is 0 Å². The van der Waals surface area contributed by atoms with E-state index in [4.69, 9.17) is 0 Å². The number of hydrogen-bond acceptors (Lipinski definition) is 4. The standard InChI is InChI=1S/C21H23N3O2/c1-21(2,26)10-6-16-4-3-5-18(14-16)20(25)24-12-8-17(9-13-24)19-7-11-22-15-23-19/h3-5,7,11,14-15,17,26H,8-9,12-13H2,1-2H3. The highest BCUT2D eigenvalue weighted by molar-refractivity contribution is 5.94. The molecule has 134 valence electrons. The predicted molar refractivity (Wildman–Crippen MR) is 99.5 cm³/mol. The summed E-state index contributed by atoms with van der Waals surface area (Å²) in [6.07, 6.45) is 5.15. The van der Waals surface area contributed by atoms with E-state index in [-0.39, 0.29) is 5.91 Å². The molecule has 1 aromatic heterocycles. The van der Waals surface area contributed by atoms with Crippen molar-refractivity contribution >= 4 is 5.91 Å². The zero-order valence-electron chi connectivity index (χ0n) is 15.1. The highest BCUT2D eigenvalue weighted by atomic mass is 16.3. The van der Waals surface area contributed by atoms with Crippen LogP contribution in [0.2, 0.25) is 0 Å². The maximum absolute atomic E-state index is 12.8. The van der Waals surface area contributed by atoms with E-state index in [0.29, 0.717) is 24.6 Å². The maximum Gasteiger partial charge on any atom is 0.253 e. The lowest BCUT2D eigenvalue weighted by atomic mass is 9.93. The third-order valence-electron chi connectivity index (χ3n) is 4.43. The van der Waals surface area contributed by atoms with Crippen molar-refractivity contribution in [2.45, 2.75) is 38.2 Å². The van der Waals surface area contributed by atoms with Gasteiger partial charge in [0.15, 0.2) is 0 Å². The first-order chi connectivity index (χ1) is 12.4. The van der Waals surface area contributed by atoms with Crippen LogP contribution in [0.3, 0.4) is 0 Å². The van der Waals surface area contributed by atoms with Crippen LogP contribution in [0.15, 0.2) is 42.9 Å². The number of aromatic nitrogens is 2. The van der Waals surface area contributed by atoms with Gasteiger partial charge in [-0.3, -0.25) is 4.79 Å². The summed E-state index contributed by atoms with van der Waals surface area (Å²) in [6.45, 7) is 4.70. The van der Waals surface area contributed by atoms with Gasteiger partial charge in [-0.25, -0.2) is 9.97 Å². The lowest BCUT2D eigenvalue weighted by molar-refractivity contribution is 0.0712. The smallest absolute Gasteiger partial charge is 0.253 e. The Hall–Kier alpha value is -2.71. The number of hydrogen-bond donors (Lipinski definition) is 1. The van der Waals surface area contributed by atoms with Crippen molar-refractivity contribution in [3.8, 4) is 11.8 Å². The van der Waals surface area contributed by atoms with Gasteiger partial charge in [-0.05, 0) is 51.0 Å². The number of aliphatic hydroxyl groups is 1. The molecule has 0 radical (unpaired) electrons. The van der Waals surface area contributed by atoms with E-state index >= 15 is 0 Å². The zero-order chi connectivity index (χ0) is 18.6. The second-order valence-corrected chi connectivity index (χ2v) is 7.09. The fraction of sp³-hybridized carbons (Fsp3) is 0.381. The second-order valence-electron chi connectivity index (χ2n) is 7.09. The van der Waals surface area contributed by atoms with E-state index in [1.165, 1.54) is 0 Å². The van der Waals surface area contributed by atoms with Crippen LogP contribution in [0.5, 0.6) is 0 Å². The van der Waals surface area contributed by atoms with Crippen molar-refractivity contribution in [3.05, 3.63) is 59.7 Å². The lowest BCUT2D eigenvalue weighted by Gasteiger charge is -2.31. The topological polar surface area (TPSA) is 66.3 Å². The first-order valence-corrected chi connectivity index (χ1v) is 8.83. The van der Waals surface area contributed by atoms with Crippen molar-refractivity contribution in [1.29, 1.82) is 0 Å². The molecule has 0 spiro atoms. The molecule has 1 aliphatic heterocycles. The Morgan fingerprint density at radius 3 is 2.69 bits per heavy atom. The Morgan fingerprint density at radius 2 is 2.04 bits per heavy atom. The molecule has 0 aliphatic carbocycles. The summed E-state index contributed by atoms with van der Waals surface area (Å²) in [5, 5.41) is 9.72. The van der Waals surface area contributed by atoms with Crippen LogP contribution >= 0.6 is 0 Å². The second kappa shape index (κ2) is 7.67. The Bertz CT molecular complexity index is 824. The van der Waals surface area contributed by atoms with Gasteiger partial charge < -0.3 is 10.0 Å². The molecule has 1 aromatic carbocycles. The summed E-state index contributed by atoms with van der Waals surface area (Å²) in [7, 11) is 0. The third kappa shape index (κ3) is 4.68. The molecule has 26 heavy (non-hydrogen) atoms. The highest BCUT2D eigenvalue weighted by Gasteiger charge is 2.25. The van der Waals surface area contributed by atoms with Crippen LogP contribution in [0.25, 0.3) is 0 Å². The Balaban J connectivity index is 1.66. The van der Waals surface area contributed by atoms with Gasteiger partial charge >= 0.3 is 0 Å². The molecule has 2 aromatic rings. The van der Waals surface area contributed by atoms with Crippen LogP contribution < -0.4 is 0 Å². The number of rotatable bonds is 2. The fourth-order valence-electron chi connectivity index (χ4n) is 3.06. The van der Waals surface area contributed by atoms with Gasteiger partial charge in [0.1, 0.15) is 11.9 Å². The number of carbonyl (C=O) groups excluding carboxylic acids is 1. The van der Waals surface area contributed by atoms with E-state index in [2.05, 4.69) is 21.8 Å². The fourth-order valence-corrected chi connectivity index (χ4v) is 3.06. The van der Waals surface area contributed by atoms with Gasteiger partial charge in [0.2, 0.25) is 0 Å². The van der Waals surface area contributed by atoms with Crippen molar-refractivity contribution < 1.29 is 9.90 Å². The van der Waals surface area contributed by atoms with Gasteiger partial charge in [0.25, 0.3) is 5.91 Å². The lowest BCUT2D eigenvalue weighted by Crippen LogP contribution is -2.38. The number of carbonyl (C=O) groups is 1. The molecule has 2 heterocycles. The van der Waals surface area contributed by atoms with Crippen molar-refractivity contribution in [2.75, 3.05) is 13.1 Å². The van der Waals surface area contributed by atoms with Gasteiger partial charge in [0, 0.05) is 42.0 Å². The minimum Gasteiger partial charge on any atom is -0.378 e. The number of amides is 1. The zero-order valence-corrected chi connectivity index (χ0v) is 15.1. The summed E-state index contributed by atoms with van der Waals surface area (Å²) in [4.78, 5) is 23.0. The molecule has 0 atom stereocenters. The Kier molecular flexibility index (Phi) is 5.34. The molecule has 1 N–H and O–H groups in total. The molecule has 5 nitrogen and oxygen atoms in total. The molecular weight excluding hydrogens is 326 g/mol.